The molecule has 1 N–H and O–H groups in total. The monoisotopic (exact) mass is 564 g/mol. The molecule has 0 aliphatic rings. The fraction of sp³-hybridized carbons (Fsp3) is 0.0455. The van der Waals surface area contributed by atoms with Gasteiger partial charge in [0.05, 0.1) is 11.8 Å². The molecule has 0 atom stereocenters. The maximum Gasteiger partial charge on any atom is 0.343 e. The second kappa shape index (κ2) is 11.1. The normalized spacial score (nSPS) is 10.7. The van der Waals surface area contributed by atoms with Crippen molar-refractivity contribution in [3.63, 3.8) is 0 Å². The minimum Gasteiger partial charge on any atom is -0.484 e. The summed E-state index contributed by atoms with van der Waals surface area (Å²) in [4.78, 5) is 24.3. The minimum atomic E-state index is -0.541. The lowest BCUT2D eigenvalue weighted by Gasteiger charge is -2.08. The molecule has 3 rings (SSSR count). The zero-order valence-electron chi connectivity index (χ0n) is 15.8. The van der Waals surface area contributed by atoms with E-state index in [2.05, 4.69) is 42.4 Å². The highest BCUT2D eigenvalue weighted by molar-refractivity contribution is 9.10. The number of nitrogens with zero attached hydrogens (tertiary/aromatic N) is 1. The van der Waals surface area contributed by atoms with Crippen molar-refractivity contribution in [3.8, 4) is 11.5 Å². The molecule has 0 saturated heterocycles. The Morgan fingerprint density at radius 2 is 1.65 bits per heavy atom. The molecular weight excluding hydrogens is 552 g/mol. The Balaban J connectivity index is 1.61. The van der Waals surface area contributed by atoms with Gasteiger partial charge in [0.25, 0.3) is 5.91 Å². The van der Waals surface area contributed by atoms with Gasteiger partial charge in [-0.2, -0.15) is 5.10 Å². The summed E-state index contributed by atoms with van der Waals surface area (Å²) in [6.45, 7) is -0.199. The van der Waals surface area contributed by atoms with Gasteiger partial charge in [-0.3, -0.25) is 4.79 Å². The first-order chi connectivity index (χ1) is 14.9. The van der Waals surface area contributed by atoms with Crippen LogP contribution in [0.3, 0.4) is 0 Å². The molecule has 0 unspecified atom stereocenters. The first-order valence-corrected chi connectivity index (χ1v) is 10.8. The molecule has 0 saturated carbocycles. The van der Waals surface area contributed by atoms with Gasteiger partial charge in [-0.05, 0) is 66.7 Å². The lowest BCUT2D eigenvalue weighted by molar-refractivity contribution is -0.123. The Kier molecular flexibility index (Phi) is 8.22. The van der Waals surface area contributed by atoms with Crippen LogP contribution in [0.5, 0.6) is 11.5 Å². The van der Waals surface area contributed by atoms with Crippen molar-refractivity contribution < 1.29 is 19.1 Å². The second-order valence-electron chi connectivity index (χ2n) is 6.11. The summed E-state index contributed by atoms with van der Waals surface area (Å²) in [6, 6.07) is 18.5. The van der Waals surface area contributed by atoms with Crippen LogP contribution in [-0.4, -0.2) is 24.7 Å². The van der Waals surface area contributed by atoms with Crippen LogP contribution in [0.4, 0.5) is 0 Å². The summed E-state index contributed by atoms with van der Waals surface area (Å²) in [6.07, 6.45) is 1.38. The van der Waals surface area contributed by atoms with E-state index in [9.17, 15) is 9.59 Å². The Hall–Kier alpha value is -2.68. The summed E-state index contributed by atoms with van der Waals surface area (Å²) in [5.41, 5.74) is 3.22. The molecule has 0 heterocycles. The minimum absolute atomic E-state index is 0.199. The summed E-state index contributed by atoms with van der Waals surface area (Å²) < 4.78 is 12.5. The number of nitrogens with one attached hydrogen (secondary N) is 1. The van der Waals surface area contributed by atoms with Gasteiger partial charge in [-0.1, -0.05) is 43.5 Å². The van der Waals surface area contributed by atoms with Crippen LogP contribution in [0.1, 0.15) is 15.9 Å². The molecule has 3 aromatic rings. The van der Waals surface area contributed by atoms with Gasteiger partial charge in [-0.25, -0.2) is 10.2 Å². The van der Waals surface area contributed by atoms with Gasteiger partial charge in [-0.15, -0.1) is 0 Å². The Labute approximate surface area is 200 Å². The van der Waals surface area contributed by atoms with Crippen LogP contribution in [0.25, 0.3) is 0 Å². The maximum atomic E-state index is 12.4. The Morgan fingerprint density at radius 3 is 2.35 bits per heavy atom. The van der Waals surface area contributed by atoms with E-state index in [1.807, 2.05) is 12.1 Å². The molecule has 158 valence electrons. The largest absolute Gasteiger partial charge is 0.484 e. The standard InChI is InChI=1S/C22H15Br2ClN2O4/c23-16-3-8-19(9-4-16)30-13-21(28)27-26-12-15-11-17(24)5-10-20(15)31-22(29)14-1-6-18(25)7-2-14/h1-12H,13H2,(H,27,28)/b26-12+. The molecule has 31 heavy (non-hydrogen) atoms. The predicted octanol–water partition coefficient (Wildman–Crippen LogP) is 5.61. The highest BCUT2D eigenvalue weighted by Crippen LogP contribution is 2.23. The van der Waals surface area contributed by atoms with Gasteiger partial charge in [0.1, 0.15) is 11.5 Å². The average molecular weight is 567 g/mol. The SMILES string of the molecule is O=C(COc1ccc(Br)cc1)N/N=C/c1cc(Br)ccc1OC(=O)c1ccc(Cl)cc1. The first kappa shape index (κ1) is 23.0. The van der Waals surface area contributed by atoms with E-state index in [-0.39, 0.29) is 12.4 Å². The third-order valence-corrected chi connectivity index (χ3v) is 5.10. The third-order valence-electron chi connectivity index (χ3n) is 3.83. The molecule has 0 radical (unpaired) electrons. The van der Waals surface area contributed by atoms with Gasteiger partial charge in [0, 0.05) is 19.5 Å². The number of amides is 1. The molecule has 3 aromatic carbocycles. The van der Waals surface area contributed by atoms with Crippen molar-refractivity contribution in [2.45, 2.75) is 0 Å². The summed E-state index contributed by atoms with van der Waals surface area (Å²) in [5.74, 6) is -0.132. The predicted molar refractivity (Wildman–Crippen MR) is 126 cm³/mol. The number of halogens is 3. The highest BCUT2D eigenvalue weighted by atomic mass is 79.9. The number of carbonyl (C=O) groups is 2. The van der Waals surface area contributed by atoms with Crippen LogP contribution in [-0.2, 0) is 4.79 Å². The van der Waals surface area contributed by atoms with Crippen LogP contribution in [0.2, 0.25) is 5.02 Å². The van der Waals surface area contributed by atoms with Crippen LogP contribution >= 0.6 is 43.5 Å². The molecule has 9 heteroatoms. The molecular formula is C22H15Br2ClN2O4. The maximum absolute atomic E-state index is 12.4. The molecule has 0 bridgehead atoms. The fourth-order valence-electron chi connectivity index (χ4n) is 2.34. The molecule has 6 nitrogen and oxygen atoms in total. The summed E-state index contributed by atoms with van der Waals surface area (Å²) in [7, 11) is 0. The highest BCUT2D eigenvalue weighted by Gasteiger charge is 2.12. The van der Waals surface area contributed by atoms with Crippen molar-refractivity contribution in [1.82, 2.24) is 5.43 Å². The number of hydrogen-bond acceptors (Lipinski definition) is 5. The van der Waals surface area contributed by atoms with E-state index in [4.69, 9.17) is 21.1 Å². The van der Waals surface area contributed by atoms with Crippen LogP contribution < -0.4 is 14.9 Å². The Morgan fingerprint density at radius 1 is 0.968 bits per heavy atom. The first-order valence-electron chi connectivity index (χ1n) is 8.88. The van der Waals surface area contributed by atoms with Gasteiger partial charge >= 0.3 is 5.97 Å². The van der Waals surface area contributed by atoms with Gasteiger partial charge in [0.15, 0.2) is 6.61 Å². The van der Waals surface area contributed by atoms with Crippen molar-refractivity contribution in [2.75, 3.05) is 6.61 Å². The lowest BCUT2D eigenvalue weighted by Crippen LogP contribution is -2.24. The van der Waals surface area contributed by atoms with Crippen molar-refractivity contribution in [1.29, 1.82) is 0 Å². The van der Waals surface area contributed by atoms with Crippen molar-refractivity contribution in [2.24, 2.45) is 5.10 Å². The number of hydrogen-bond donors (Lipinski definition) is 1. The molecule has 0 spiro atoms. The van der Waals surface area contributed by atoms with E-state index >= 15 is 0 Å². The lowest BCUT2D eigenvalue weighted by atomic mass is 10.2. The van der Waals surface area contributed by atoms with Gasteiger partial charge < -0.3 is 9.47 Å². The van der Waals surface area contributed by atoms with Crippen LogP contribution in [0.15, 0.2) is 80.8 Å². The zero-order chi connectivity index (χ0) is 22.2. The number of hydrazone groups is 1. The number of ether oxygens (including phenoxy) is 2. The second-order valence-corrected chi connectivity index (χ2v) is 8.38. The zero-order valence-corrected chi connectivity index (χ0v) is 19.8. The number of benzene rings is 3. The van der Waals surface area contributed by atoms with E-state index in [0.29, 0.717) is 21.9 Å². The van der Waals surface area contributed by atoms with E-state index in [0.717, 1.165) is 8.95 Å². The molecule has 0 aliphatic carbocycles. The molecule has 0 aromatic heterocycles. The summed E-state index contributed by atoms with van der Waals surface area (Å²) in [5, 5.41) is 4.44. The molecule has 0 fully saturated rings. The summed E-state index contributed by atoms with van der Waals surface area (Å²) >= 11 is 12.5. The van der Waals surface area contributed by atoms with E-state index in [1.165, 1.54) is 6.21 Å². The van der Waals surface area contributed by atoms with Crippen molar-refractivity contribution >= 4 is 61.6 Å². The molecule has 0 aliphatic heterocycles. The van der Waals surface area contributed by atoms with Crippen molar-refractivity contribution in [3.05, 3.63) is 91.8 Å². The number of carbonyl (C=O) groups excluding carboxylic acids is 2. The number of rotatable bonds is 7. The quantitative estimate of drug-likeness (QED) is 0.175. The van der Waals surface area contributed by atoms with Gasteiger partial charge in [0.2, 0.25) is 0 Å². The van der Waals surface area contributed by atoms with Crippen LogP contribution in [0, 0.1) is 0 Å². The average Bonchev–Trinajstić information content (AvgIpc) is 2.75. The molecule has 1 amide bonds. The fourth-order valence-corrected chi connectivity index (χ4v) is 3.11. The van der Waals surface area contributed by atoms with E-state index in [1.54, 1.807) is 54.6 Å². The third kappa shape index (κ3) is 7.20. The Bertz CT molecular complexity index is 1100. The van der Waals surface area contributed by atoms with E-state index < -0.39 is 11.9 Å². The number of esters is 1. The smallest absolute Gasteiger partial charge is 0.343 e. The topological polar surface area (TPSA) is 77.0 Å².